The molecule has 7 nitrogen and oxygen atoms in total. The summed E-state index contributed by atoms with van der Waals surface area (Å²) in [5.41, 5.74) is 3.04. The van der Waals surface area contributed by atoms with Crippen LogP contribution in [0.25, 0.3) is 20.7 Å². The summed E-state index contributed by atoms with van der Waals surface area (Å²) < 4.78 is 46.4. The van der Waals surface area contributed by atoms with E-state index in [0.717, 1.165) is 52.3 Å². The first-order valence-corrected chi connectivity index (χ1v) is 17.8. The van der Waals surface area contributed by atoms with Gasteiger partial charge in [-0.1, -0.05) is 49.4 Å². The van der Waals surface area contributed by atoms with Gasteiger partial charge >= 0.3 is 0 Å². The molecule has 1 aliphatic carbocycles. The van der Waals surface area contributed by atoms with Gasteiger partial charge in [0.2, 0.25) is 0 Å². The second-order valence-corrected chi connectivity index (χ2v) is 13.6. The molecule has 1 aliphatic rings. The third-order valence-electron chi connectivity index (χ3n) is 8.76. The maximum Gasteiger partial charge on any atom is 0.166 e. The Kier molecular flexibility index (Phi) is 11.8. The number of fused-ring (bicyclic) bond motifs is 1. The Balaban J connectivity index is 1.04. The molecule has 1 N–H and O–H groups in total. The number of carbonyl (C=O) groups is 2. The molecule has 2 heterocycles. The highest BCUT2D eigenvalue weighted by Gasteiger charge is 2.54. The van der Waals surface area contributed by atoms with E-state index in [0.29, 0.717) is 49.5 Å². The van der Waals surface area contributed by atoms with E-state index in [1.54, 1.807) is 30.5 Å². The fraction of sp³-hybridized carbons (Fsp3) is 0.325. The van der Waals surface area contributed by atoms with E-state index in [9.17, 15) is 14.0 Å². The molecule has 6 rings (SSSR count). The molecule has 5 aromatic rings. The molecule has 0 bridgehead atoms. The first-order chi connectivity index (χ1) is 24.3. The molecule has 0 amide bonds. The van der Waals surface area contributed by atoms with Gasteiger partial charge in [-0.3, -0.25) is 14.6 Å². The van der Waals surface area contributed by atoms with Crippen LogP contribution in [-0.4, -0.2) is 49.5 Å². The van der Waals surface area contributed by atoms with E-state index in [1.807, 2.05) is 6.07 Å². The number of carbonyl (C=O) groups excluding carboxylic acids is 2. The number of nitrogens with one attached hydrogen (secondary N) is 1. The molecule has 2 aromatic heterocycles. The van der Waals surface area contributed by atoms with Crippen LogP contribution in [0.1, 0.15) is 42.9 Å². The van der Waals surface area contributed by atoms with Crippen LogP contribution < -0.4 is 10.1 Å². The predicted molar refractivity (Wildman–Crippen MR) is 191 cm³/mol. The molecular formula is C40H40F2N2O5S. The van der Waals surface area contributed by atoms with Crippen molar-refractivity contribution in [2.24, 2.45) is 5.41 Å². The van der Waals surface area contributed by atoms with Crippen molar-refractivity contribution in [1.82, 2.24) is 10.3 Å². The summed E-state index contributed by atoms with van der Waals surface area (Å²) in [6.45, 7) is 6.19. The van der Waals surface area contributed by atoms with Gasteiger partial charge in [0, 0.05) is 49.7 Å². The molecule has 0 aliphatic heterocycles. The Morgan fingerprint density at radius 1 is 0.800 bits per heavy atom. The molecule has 1 fully saturated rings. The van der Waals surface area contributed by atoms with Gasteiger partial charge in [-0.05, 0) is 71.8 Å². The lowest BCUT2D eigenvalue weighted by Crippen LogP contribution is -2.28. The van der Waals surface area contributed by atoms with E-state index in [1.165, 1.54) is 35.6 Å². The van der Waals surface area contributed by atoms with E-state index >= 15 is 4.39 Å². The average Bonchev–Trinajstić information content (AvgIpc) is 3.82. The van der Waals surface area contributed by atoms with Crippen molar-refractivity contribution >= 4 is 33.1 Å². The number of aromatic nitrogens is 1. The molecule has 3 aromatic carbocycles. The number of hydrogen-bond donors (Lipinski definition) is 1. The Morgan fingerprint density at radius 2 is 1.48 bits per heavy atom. The van der Waals surface area contributed by atoms with Crippen LogP contribution in [-0.2, 0) is 38.4 Å². The number of ether oxygens (including phenoxy) is 3. The van der Waals surface area contributed by atoms with Gasteiger partial charge in [-0.25, -0.2) is 8.78 Å². The highest BCUT2D eigenvalue weighted by Crippen LogP contribution is 2.49. The fourth-order valence-electron chi connectivity index (χ4n) is 5.77. The number of thiophene rings is 1. The SMILES string of the molecule is CCCOCCOCCNCc1ccc(-c2cc3nccc(Oc4ccc(CC(=O)C5(C(=O)Cc6ccc(F)cc6)CC5)cc4F)c3s2)cc1. The van der Waals surface area contributed by atoms with Crippen molar-refractivity contribution in [3.8, 4) is 21.9 Å². The summed E-state index contributed by atoms with van der Waals surface area (Å²) >= 11 is 1.52. The Morgan fingerprint density at radius 3 is 2.18 bits per heavy atom. The molecule has 260 valence electrons. The van der Waals surface area contributed by atoms with Crippen LogP contribution in [0.5, 0.6) is 11.5 Å². The lowest BCUT2D eigenvalue weighted by Gasteiger charge is -2.14. The van der Waals surface area contributed by atoms with Crippen molar-refractivity contribution in [3.05, 3.63) is 113 Å². The summed E-state index contributed by atoms with van der Waals surface area (Å²) in [5.74, 6) is -0.870. The van der Waals surface area contributed by atoms with Gasteiger partial charge in [0.05, 0.1) is 35.5 Å². The Hall–Kier alpha value is -4.35. The molecule has 0 radical (unpaired) electrons. The van der Waals surface area contributed by atoms with Crippen LogP contribution in [0.2, 0.25) is 0 Å². The second kappa shape index (κ2) is 16.6. The zero-order valence-corrected chi connectivity index (χ0v) is 28.8. The third-order valence-corrected chi connectivity index (χ3v) is 9.95. The minimum absolute atomic E-state index is 0.0317. The molecule has 0 spiro atoms. The summed E-state index contributed by atoms with van der Waals surface area (Å²) in [6.07, 6.45) is 3.60. The monoisotopic (exact) mass is 698 g/mol. The molecule has 0 atom stereocenters. The van der Waals surface area contributed by atoms with Crippen LogP contribution in [0.3, 0.4) is 0 Å². The fourth-order valence-corrected chi connectivity index (χ4v) is 6.84. The van der Waals surface area contributed by atoms with Crippen molar-refractivity contribution in [2.45, 2.75) is 45.6 Å². The Labute approximate surface area is 294 Å². The maximum atomic E-state index is 15.3. The minimum atomic E-state index is -1.05. The number of halogens is 2. The number of Topliss-reactive ketones (excluding diaryl/α,β-unsaturated/α-hetero) is 2. The van der Waals surface area contributed by atoms with Crippen LogP contribution in [0, 0.1) is 17.0 Å². The van der Waals surface area contributed by atoms with E-state index in [-0.39, 0.29) is 36.0 Å². The number of pyridine rings is 1. The summed E-state index contributed by atoms with van der Waals surface area (Å²) in [4.78, 5) is 31.8. The average molecular weight is 699 g/mol. The smallest absolute Gasteiger partial charge is 0.166 e. The number of nitrogens with zero attached hydrogens (tertiary/aromatic N) is 1. The van der Waals surface area contributed by atoms with Crippen molar-refractivity contribution < 1.29 is 32.6 Å². The highest BCUT2D eigenvalue weighted by molar-refractivity contribution is 7.22. The maximum absolute atomic E-state index is 15.3. The zero-order valence-electron chi connectivity index (χ0n) is 28.0. The largest absolute Gasteiger partial charge is 0.453 e. The summed E-state index contributed by atoms with van der Waals surface area (Å²) in [6, 6.07) is 22.2. The van der Waals surface area contributed by atoms with Gasteiger partial charge in [-0.15, -0.1) is 11.3 Å². The van der Waals surface area contributed by atoms with Gasteiger partial charge in [0.1, 0.15) is 11.6 Å². The van der Waals surface area contributed by atoms with Gasteiger partial charge in [0.15, 0.2) is 23.1 Å². The number of hydrogen-bond acceptors (Lipinski definition) is 8. The van der Waals surface area contributed by atoms with Crippen molar-refractivity contribution in [3.63, 3.8) is 0 Å². The number of benzene rings is 3. The molecule has 0 unspecified atom stereocenters. The Bertz CT molecular complexity index is 1920. The van der Waals surface area contributed by atoms with Crippen molar-refractivity contribution in [1.29, 1.82) is 0 Å². The van der Waals surface area contributed by atoms with Crippen LogP contribution >= 0.6 is 11.3 Å². The zero-order chi connectivity index (χ0) is 34.9. The van der Waals surface area contributed by atoms with Crippen molar-refractivity contribution in [2.75, 3.05) is 33.0 Å². The molecule has 10 heteroatoms. The third kappa shape index (κ3) is 8.86. The summed E-state index contributed by atoms with van der Waals surface area (Å²) in [7, 11) is 0. The second-order valence-electron chi connectivity index (χ2n) is 12.5. The number of ketones is 2. The van der Waals surface area contributed by atoms with E-state index < -0.39 is 11.2 Å². The minimum Gasteiger partial charge on any atom is -0.453 e. The molecule has 0 saturated heterocycles. The van der Waals surface area contributed by atoms with E-state index in [4.69, 9.17) is 14.2 Å². The normalized spacial score (nSPS) is 13.4. The standard InChI is InChI=1S/C40H40F2N2O5S/c1-2-18-47-20-21-48-19-17-43-26-28-3-8-30(9-4-28)36-25-33-39(50-36)35(13-16-44-33)49-34-12-7-29(22-32(34)42)24-38(46)40(14-15-40)37(45)23-27-5-10-31(41)11-6-27/h3-13,16,22,25,43H,2,14-15,17-21,23-24,26H2,1H3. The molecule has 1 saturated carbocycles. The topological polar surface area (TPSA) is 86.8 Å². The first kappa shape index (κ1) is 35.5. The first-order valence-electron chi connectivity index (χ1n) is 17.0. The molecular weight excluding hydrogens is 659 g/mol. The van der Waals surface area contributed by atoms with E-state index in [2.05, 4.69) is 41.5 Å². The molecule has 50 heavy (non-hydrogen) atoms. The quantitative estimate of drug-likeness (QED) is 0.0687. The summed E-state index contributed by atoms with van der Waals surface area (Å²) in [5, 5.41) is 3.40. The predicted octanol–water partition coefficient (Wildman–Crippen LogP) is 8.27. The van der Waals surface area contributed by atoms with Crippen LogP contribution in [0.15, 0.2) is 85.1 Å². The highest BCUT2D eigenvalue weighted by atomic mass is 32.1. The van der Waals surface area contributed by atoms with Gasteiger partial charge in [0.25, 0.3) is 0 Å². The lowest BCUT2D eigenvalue weighted by atomic mass is 9.88. The van der Waals surface area contributed by atoms with Gasteiger partial charge < -0.3 is 19.5 Å². The lowest BCUT2D eigenvalue weighted by molar-refractivity contribution is -0.133. The van der Waals surface area contributed by atoms with Gasteiger partial charge in [-0.2, -0.15) is 0 Å². The van der Waals surface area contributed by atoms with Crippen LogP contribution in [0.4, 0.5) is 8.78 Å². The number of rotatable bonds is 19.